The number of rotatable bonds is 6. The number of carbonyl (C=O) groups excluding carboxylic acids is 1. The average molecular weight is 480 g/mol. The molecule has 0 atom stereocenters. The maximum Gasteiger partial charge on any atom is 0.261 e. The molecule has 0 bridgehead atoms. The molecule has 34 heavy (non-hydrogen) atoms. The van der Waals surface area contributed by atoms with E-state index >= 15 is 0 Å². The maximum atomic E-state index is 13.3. The van der Waals surface area contributed by atoms with Crippen LogP contribution in [0.1, 0.15) is 21.6 Å². The van der Waals surface area contributed by atoms with Crippen molar-refractivity contribution in [3.05, 3.63) is 82.1 Å². The molecular weight excluding hydrogens is 458 g/mol. The van der Waals surface area contributed by atoms with E-state index in [9.17, 15) is 9.90 Å². The van der Waals surface area contributed by atoms with E-state index in [0.717, 1.165) is 0 Å². The first-order chi connectivity index (χ1) is 16.4. The first kappa shape index (κ1) is 23.3. The number of aliphatic hydroxyl groups excluding tert-OH is 1. The van der Waals surface area contributed by atoms with E-state index < -0.39 is 5.91 Å². The molecule has 0 aliphatic heterocycles. The molecule has 2 aromatic heterocycles. The van der Waals surface area contributed by atoms with E-state index in [2.05, 4.69) is 15.3 Å². The Hall–Kier alpha value is -3.88. The molecule has 0 fully saturated rings. The van der Waals surface area contributed by atoms with Crippen LogP contribution < -0.4 is 20.3 Å². The molecule has 2 heterocycles. The van der Waals surface area contributed by atoms with Crippen molar-refractivity contribution in [2.45, 2.75) is 13.5 Å². The maximum absolute atomic E-state index is 13.3. The summed E-state index contributed by atoms with van der Waals surface area (Å²) in [6.07, 6.45) is 1.55. The summed E-state index contributed by atoms with van der Waals surface area (Å²) in [5.41, 5.74) is 2.75. The molecule has 0 aliphatic carbocycles. The van der Waals surface area contributed by atoms with Gasteiger partial charge in [0.2, 0.25) is 5.55 Å². The average Bonchev–Trinajstić information content (AvgIpc) is 2.85. The highest BCUT2D eigenvalue weighted by Crippen LogP contribution is 2.31. The lowest BCUT2D eigenvalue weighted by atomic mass is 10.1. The summed E-state index contributed by atoms with van der Waals surface area (Å²) >= 11 is 5.95. The summed E-state index contributed by atoms with van der Waals surface area (Å²) in [4.78, 5) is 22.2. The van der Waals surface area contributed by atoms with Gasteiger partial charge in [0.25, 0.3) is 5.91 Å². The summed E-state index contributed by atoms with van der Waals surface area (Å²) in [5, 5.41) is 13.7. The number of anilines is 1. The standard InChI is InChI=1S/C25H22ClN3O5/c1-14-23-19(15(13-30)12-27-14)11-20(24(31)28-17-6-4-16(26)5-7-17)25(34-23)29-21-9-8-18(32-2)10-22(21)33-3/h4-12,30H,13H2,1-3H3,(H,28,31). The summed E-state index contributed by atoms with van der Waals surface area (Å²) in [6, 6.07) is 13.5. The number of amides is 1. The molecule has 0 spiro atoms. The zero-order chi connectivity index (χ0) is 24.2. The number of methoxy groups -OCH3 is 2. The third kappa shape index (κ3) is 4.73. The number of nitrogens with one attached hydrogen (secondary N) is 1. The Labute approximate surface area is 200 Å². The minimum absolute atomic E-state index is 0.0578. The first-order valence-electron chi connectivity index (χ1n) is 10.3. The van der Waals surface area contributed by atoms with Crippen molar-refractivity contribution in [1.82, 2.24) is 4.98 Å². The molecule has 2 aromatic carbocycles. The van der Waals surface area contributed by atoms with Crippen molar-refractivity contribution >= 4 is 39.9 Å². The van der Waals surface area contributed by atoms with Gasteiger partial charge in [-0.05, 0) is 49.4 Å². The Morgan fingerprint density at radius 3 is 2.59 bits per heavy atom. The number of nitrogens with zero attached hydrogens (tertiary/aromatic N) is 2. The molecule has 0 radical (unpaired) electrons. The number of aryl methyl sites for hydroxylation is 1. The summed E-state index contributed by atoms with van der Waals surface area (Å²) < 4.78 is 16.8. The SMILES string of the molecule is COc1ccc(N=c2oc3c(C)ncc(CO)c3cc2C(=O)Nc2ccc(Cl)cc2)c(OC)c1. The van der Waals surface area contributed by atoms with E-state index in [1.54, 1.807) is 68.8 Å². The van der Waals surface area contributed by atoms with Crippen LogP contribution in [0, 0.1) is 6.92 Å². The van der Waals surface area contributed by atoms with Crippen LogP contribution >= 0.6 is 11.6 Å². The van der Waals surface area contributed by atoms with Crippen molar-refractivity contribution < 1.29 is 23.8 Å². The van der Waals surface area contributed by atoms with E-state index in [1.165, 1.54) is 7.11 Å². The minimum Gasteiger partial charge on any atom is -0.497 e. The number of fused-ring (bicyclic) bond motifs is 1. The molecule has 2 N–H and O–H groups in total. The molecule has 1 amide bonds. The number of ether oxygens (including phenoxy) is 2. The van der Waals surface area contributed by atoms with Gasteiger partial charge in [-0.3, -0.25) is 9.78 Å². The molecule has 4 aromatic rings. The number of hydrogen-bond donors (Lipinski definition) is 2. The van der Waals surface area contributed by atoms with E-state index in [0.29, 0.717) is 50.1 Å². The van der Waals surface area contributed by atoms with Crippen LogP contribution in [0.5, 0.6) is 11.5 Å². The summed E-state index contributed by atoms with van der Waals surface area (Å²) in [7, 11) is 3.07. The second-order valence-corrected chi connectivity index (χ2v) is 7.78. The predicted octanol–water partition coefficient (Wildman–Crippen LogP) is 4.78. The van der Waals surface area contributed by atoms with E-state index in [4.69, 9.17) is 25.5 Å². The number of hydrogen-bond acceptors (Lipinski definition) is 7. The molecule has 0 aliphatic rings. The number of aliphatic hydroxyl groups is 1. The molecule has 4 rings (SSSR count). The smallest absolute Gasteiger partial charge is 0.261 e. The van der Waals surface area contributed by atoms with Gasteiger partial charge in [-0.1, -0.05) is 11.6 Å². The third-order valence-electron chi connectivity index (χ3n) is 5.18. The second-order valence-electron chi connectivity index (χ2n) is 7.35. The van der Waals surface area contributed by atoms with Crippen LogP contribution in [0.3, 0.4) is 0 Å². The fourth-order valence-electron chi connectivity index (χ4n) is 3.38. The van der Waals surface area contributed by atoms with Gasteiger partial charge in [0, 0.05) is 33.9 Å². The molecule has 0 unspecified atom stereocenters. The van der Waals surface area contributed by atoms with E-state index in [1.807, 2.05) is 0 Å². The summed E-state index contributed by atoms with van der Waals surface area (Å²) in [5.74, 6) is 0.592. The Bertz CT molecular complexity index is 1430. The van der Waals surface area contributed by atoms with Crippen LogP contribution in [0.2, 0.25) is 5.02 Å². The predicted molar refractivity (Wildman–Crippen MR) is 129 cm³/mol. The number of benzene rings is 2. The normalized spacial score (nSPS) is 11.5. The molecule has 0 saturated heterocycles. The molecule has 0 saturated carbocycles. The van der Waals surface area contributed by atoms with Gasteiger partial charge in [-0.2, -0.15) is 0 Å². The third-order valence-corrected chi connectivity index (χ3v) is 5.43. The van der Waals surface area contributed by atoms with Gasteiger partial charge in [-0.25, -0.2) is 4.99 Å². The zero-order valence-corrected chi connectivity index (χ0v) is 19.5. The molecular formula is C25H22ClN3O5. The number of halogens is 1. The van der Waals surface area contributed by atoms with Crippen molar-refractivity contribution in [3.8, 4) is 11.5 Å². The van der Waals surface area contributed by atoms with Gasteiger partial charge in [0.05, 0.1) is 26.5 Å². The Kier molecular flexibility index (Phi) is 6.81. The number of carbonyl (C=O) groups is 1. The number of pyridine rings is 1. The van der Waals surface area contributed by atoms with Gasteiger partial charge in [-0.15, -0.1) is 0 Å². The van der Waals surface area contributed by atoms with Crippen molar-refractivity contribution in [2.75, 3.05) is 19.5 Å². The van der Waals surface area contributed by atoms with Crippen LogP contribution in [0.25, 0.3) is 11.0 Å². The molecule has 8 nitrogen and oxygen atoms in total. The Morgan fingerprint density at radius 1 is 1.15 bits per heavy atom. The Morgan fingerprint density at radius 2 is 1.91 bits per heavy atom. The highest BCUT2D eigenvalue weighted by molar-refractivity contribution is 6.30. The lowest BCUT2D eigenvalue weighted by molar-refractivity contribution is 0.102. The number of aromatic nitrogens is 1. The van der Waals surface area contributed by atoms with Crippen LogP contribution in [0.4, 0.5) is 11.4 Å². The first-order valence-corrected chi connectivity index (χ1v) is 10.7. The lowest BCUT2D eigenvalue weighted by Crippen LogP contribution is -2.22. The van der Waals surface area contributed by atoms with Crippen molar-refractivity contribution in [3.63, 3.8) is 0 Å². The second kappa shape index (κ2) is 9.94. The monoisotopic (exact) mass is 479 g/mol. The zero-order valence-electron chi connectivity index (χ0n) is 18.8. The fourth-order valence-corrected chi connectivity index (χ4v) is 3.50. The topological polar surface area (TPSA) is 106 Å². The largest absolute Gasteiger partial charge is 0.497 e. The van der Waals surface area contributed by atoms with Crippen LogP contribution in [0.15, 0.2) is 64.1 Å². The van der Waals surface area contributed by atoms with Crippen LogP contribution in [-0.2, 0) is 6.61 Å². The van der Waals surface area contributed by atoms with Gasteiger partial charge < -0.3 is 24.3 Å². The van der Waals surface area contributed by atoms with E-state index in [-0.39, 0.29) is 17.7 Å². The van der Waals surface area contributed by atoms with Crippen molar-refractivity contribution in [1.29, 1.82) is 0 Å². The lowest BCUT2D eigenvalue weighted by Gasteiger charge is -2.11. The van der Waals surface area contributed by atoms with Crippen molar-refractivity contribution in [2.24, 2.45) is 4.99 Å². The minimum atomic E-state index is -0.447. The highest BCUT2D eigenvalue weighted by Gasteiger charge is 2.17. The quantitative estimate of drug-likeness (QED) is 0.412. The van der Waals surface area contributed by atoms with Gasteiger partial charge >= 0.3 is 0 Å². The highest BCUT2D eigenvalue weighted by atomic mass is 35.5. The fraction of sp³-hybridized carbons (Fsp3) is 0.160. The molecule has 174 valence electrons. The Balaban J connectivity index is 1.93. The van der Waals surface area contributed by atoms with Crippen LogP contribution in [-0.4, -0.2) is 30.2 Å². The summed E-state index contributed by atoms with van der Waals surface area (Å²) in [6.45, 7) is 1.51. The molecule has 9 heteroatoms. The van der Waals surface area contributed by atoms with Gasteiger partial charge in [0.15, 0.2) is 5.58 Å². The van der Waals surface area contributed by atoms with Gasteiger partial charge in [0.1, 0.15) is 22.7 Å².